The molecule has 1 aliphatic rings. The lowest BCUT2D eigenvalue weighted by molar-refractivity contribution is -0.148. The van der Waals surface area contributed by atoms with E-state index in [9.17, 15) is 32.3 Å². The number of rotatable bonds is 19. The van der Waals surface area contributed by atoms with Crippen molar-refractivity contribution < 1.29 is 46.6 Å². The molecular weight excluding hydrogens is 755 g/mol. The van der Waals surface area contributed by atoms with Crippen molar-refractivity contribution in [3.05, 3.63) is 58.7 Å². The van der Waals surface area contributed by atoms with Gasteiger partial charge in [0, 0.05) is 40.4 Å². The van der Waals surface area contributed by atoms with Crippen molar-refractivity contribution in [2.24, 2.45) is 17.8 Å². The zero-order chi connectivity index (χ0) is 41.9. The number of esters is 1. The fourth-order valence-corrected chi connectivity index (χ4v) is 7.59. The van der Waals surface area contributed by atoms with E-state index in [0.717, 1.165) is 11.6 Å². The Morgan fingerprint density at radius 3 is 2.25 bits per heavy atom. The number of hydrogen-bond acceptors (Lipinski definition) is 9. The molecule has 1 saturated heterocycles. The van der Waals surface area contributed by atoms with Crippen LogP contribution in [0.3, 0.4) is 0 Å². The van der Waals surface area contributed by atoms with Crippen LogP contribution in [0.25, 0.3) is 0 Å². The van der Waals surface area contributed by atoms with Crippen molar-refractivity contribution in [2.45, 2.75) is 109 Å². The van der Waals surface area contributed by atoms with E-state index in [2.05, 4.69) is 15.6 Å². The molecule has 0 radical (unpaired) electrons. The number of nitrogens with one attached hydrogen (secondary N) is 2. The summed E-state index contributed by atoms with van der Waals surface area (Å²) >= 11 is 6.19. The summed E-state index contributed by atoms with van der Waals surface area (Å²) in [5.41, 5.74) is -0.165. The number of alkyl halides is 3. The van der Waals surface area contributed by atoms with Crippen molar-refractivity contribution in [1.29, 1.82) is 0 Å². The second-order valence-electron chi connectivity index (χ2n) is 14.8. The lowest BCUT2D eigenvalue weighted by atomic mass is 9.89. The minimum absolute atomic E-state index is 0.0635. The standard InChI is InChI=1S/C40H57ClF3N5O7/c1-10-24(4)34(48(6)38(52)33(23(2)3)47-36-28(41)20-27(22-45-36)40(42,43)44)31(54-7)21-32(50)49-18-14-17-30(49)35(55-8)25(5)37(51)46-29(39(53)56-9)19-26-15-12-11-13-16-26/h11-13,15-16,20,22-25,29-31,33-35H,10,14,17-19,21H2,1-9H3,(H,45,47)(H,46,51)/t24-,25+,29?,30?,31+,33?,34-,35+/m0/s1. The molecule has 0 bridgehead atoms. The Morgan fingerprint density at radius 2 is 1.71 bits per heavy atom. The number of benzene rings is 1. The minimum Gasteiger partial charge on any atom is -0.467 e. The highest BCUT2D eigenvalue weighted by Gasteiger charge is 2.43. The van der Waals surface area contributed by atoms with Crippen LogP contribution in [0, 0.1) is 17.8 Å². The first kappa shape index (κ1) is 46.4. The topological polar surface area (TPSA) is 139 Å². The summed E-state index contributed by atoms with van der Waals surface area (Å²) in [5, 5.41) is 5.49. The Balaban J connectivity index is 1.80. The SMILES string of the molecule is CC[C@H](C)[C@@H]([C@@H](CC(=O)N1CCCC1[C@H](OC)[C@@H](C)C(=O)NC(Cc1ccccc1)C(=O)OC)OC)N(C)C(=O)C(Nc1ncc(C(F)(F)F)cc1Cl)C(C)C. The maximum Gasteiger partial charge on any atom is 0.417 e. The normalized spacial score (nSPS) is 18.3. The molecule has 16 heteroatoms. The Morgan fingerprint density at radius 1 is 1.05 bits per heavy atom. The molecule has 2 heterocycles. The number of pyridine rings is 1. The van der Waals surface area contributed by atoms with Gasteiger partial charge in [-0.15, -0.1) is 0 Å². The van der Waals surface area contributed by atoms with Crippen LogP contribution in [-0.4, -0.2) is 110 Å². The van der Waals surface area contributed by atoms with Gasteiger partial charge in [0.15, 0.2) is 0 Å². The summed E-state index contributed by atoms with van der Waals surface area (Å²) in [6.45, 7) is 9.62. The van der Waals surface area contributed by atoms with Crippen LogP contribution in [0.15, 0.2) is 42.6 Å². The number of nitrogens with zero attached hydrogens (tertiary/aromatic N) is 3. The Kier molecular flexibility index (Phi) is 17.4. The van der Waals surface area contributed by atoms with Gasteiger partial charge in [-0.05, 0) is 36.3 Å². The molecule has 0 spiro atoms. The van der Waals surface area contributed by atoms with Gasteiger partial charge in [-0.1, -0.05) is 83.0 Å². The molecule has 1 aliphatic heterocycles. The first-order valence-electron chi connectivity index (χ1n) is 18.9. The largest absolute Gasteiger partial charge is 0.467 e. The molecule has 8 atom stereocenters. The van der Waals surface area contributed by atoms with Crippen molar-refractivity contribution in [3.63, 3.8) is 0 Å². The lowest BCUT2D eigenvalue weighted by Crippen LogP contribution is -2.56. The number of hydrogen-bond donors (Lipinski definition) is 2. The van der Waals surface area contributed by atoms with Gasteiger partial charge in [0.05, 0.1) is 54.3 Å². The molecule has 1 aromatic heterocycles. The highest BCUT2D eigenvalue weighted by Crippen LogP contribution is 2.34. The molecule has 2 N–H and O–H groups in total. The predicted molar refractivity (Wildman–Crippen MR) is 207 cm³/mol. The third kappa shape index (κ3) is 11.8. The molecule has 1 aromatic carbocycles. The fraction of sp³-hybridized carbons (Fsp3) is 0.625. The van der Waals surface area contributed by atoms with Crippen molar-refractivity contribution in [3.8, 4) is 0 Å². The van der Waals surface area contributed by atoms with Crippen molar-refractivity contribution in [2.75, 3.05) is 40.2 Å². The summed E-state index contributed by atoms with van der Waals surface area (Å²) in [6.07, 6.45) is -3.36. The summed E-state index contributed by atoms with van der Waals surface area (Å²) in [6, 6.07) is 7.13. The van der Waals surface area contributed by atoms with E-state index in [1.165, 1.54) is 26.2 Å². The highest BCUT2D eigenvalue weighted by atomic mass is 35.5. The number of aromatic nitrogens is 1. The molecule has 1 fully saturated rings. The number of ether oxygens (including phenoxy) is 3. The van der Waals surface area contributed by atoms with Gasteiger partial charge >= 0.3 is 12.1 Å². The van der Waals surface area contributed by atoms with E-state index in [4.69, 9.17) is 25.8 Å². The summed E-state index contributed by atoms with van der Waals surface area (Å²) in [5.74, 6) is -2.90. The van der Waals surface area contributed by atoms with E-state index in [1.54, 1.807) is 32.7 Å². The molecular formula is C40H57ClF3N5O7. The number of likely N-dealkylation sites (tertiary alicyclic amines) is 1. The van der Waals surface area contributed by atoms with Crippen LogP contribution in [0.2, 0.25) is 5.02 Å². The first-order valence-corrected chi connectivity index (χ1v) is 19.3. The van der Waals surface area contributed by atoms with E-state index in [0.29, 0.717) is 32.0 Å². The second-order valence-corrected chi connectivity index (χ2v) is 15.2. The maximum atomic E-state index is 14.2. The molecule has 2 aromatic rings. The van der Waals surface area contributed by atoms with Gasteiger partial charge < -0.3 is 34.6 Å². The van der Waals surface area contributed by atoms with Gasteiger partial charge in [0.1, 0.15) is 17.9 Å². The molecule has 12 nitrogen and oxygen atoms in total. The van der Waals surface area contributed by atoms with Gasteiger partial charge in [0.2, 0.25) is 17.7 Å². The minimum atomic E-state index is -4.64. The number of anilines is 1. The zero-order valence-corrected chi connectivity index (χ0v) is 34.4. The fourth-order valence-electron chi connectivity index (χ4n) is 7.37. The van der Waals surface area contributed by atoms with Crippen LogP contribution in [0.4, 0.5) is 19.0 Å². The molecule has 3 amide bonds. The van der Waals surface area contributed by atoms with Crippen molar-refractivity contribution in [1.82, 2.24) is 20.1 Å². The Bertz CT molecular complexity index is 1620. The molecule has 56 heavy (non-hydrogen) atoms. The van der Waals surface area contributed by atoms with Gasteiger partial charge in [-0.25, -0.2) is 9.78 Å². The third-order valence-electron chi connectivity index (χ3n) is 10.7. The van der Waals surface area contributed by atoms with E-state index in [-0.39, 0.29) is 47.3 Å². The number of carbonyl (C=O) groups excluding carboxylic acids is 4. The Labute approximate surface area is 333 Å². The van der Waals surface area contributed by atoms with Crippen LogP contribution < -0.4 is 10.6 Å². The quantitative estimate of drug-likeness (QED) is 0.163. The van der Waals surface area contributed by atoms with Crippen LogP contribution in [0.1, 0.15) is 71.4 Å². The lowest BCUT2D eigenvalue weighted by Gasteiger charge is -2.41. The van der Waals surface area contributed by atoms with Crippen molar-refractivity contribution >= 4 is 41.1 Å². The number of amides is 3. The molecule has 0 aliphatic carbocycles. The summed E-state index contributed by atoms with van der Waals surface area (Å²) in [4.78, 5) is 61.8. The van der Waals surface area contributed by atoms with Crippen LogP contribution >= 0.6 is 11.6 Å². The molecule has 3 unspecified atom stereocenters. The van der Waals surface area contributed by atoms with E-state index in [1.807, 2.05) is 44.2 Å². The maximum absolute atomic E-state index is 14.2. The second kappa shape index (κ2) is 21.0. The smallest absolute Gasteiger partial charge is 0.417 e. The van der Waals surface area contributed by atoms with E-state index >= 15 is 0 Å². The van der Waals surface area contributed by atoms with Gasteiger partial charge in [-0.3, -0.25) is 14.4 Å². The number of likely N-dealkylation sites (N-methyl/N-ethyl adjacent to an activating group) is 1. The molecule has 312 valence electrons. The van der Waals surface area contributed by atoms with Gasteiger partial charge in [-0.2, -0.15) is 13.2 Å². The number of halogens is 4. The van der Waals surface area contributed by atoms with Crippen LogP contribution in [0.5, 0.6) is 0 Å². The van der Waals surface area contributed by atoms with Gasteiger partial charge in [0.25, 0.3) is 0 Å². The molecule has 3 rings (SSSR count). The number of carbonyl (C=O) groups is 4. The number of methoxy groups -OCH3 is 3. The monoisotopic (exact) mass is 811 g/mol. The van der Waals surface area contributed by atoms with E-state index < -0.39 is 65.9 Å². The van der Waals surface area contributed by atoms with Crippen LogP contribution in [-0.2, 0) is 46.0 Å². The summed E-state index contributed by atoms with van der Waals surface area (Å²) in [7, 11) is 5.85. The summed E-state index contributed by atoms with van der Waals surface area (Å²) < 4.78 is 56.6. The first-order chi connectivity index (χ1) is 26.4. The third-order valence-corrected chi connectivity index (χ3v) is 11.0. The average molecular weight is 812 g/mol. The predicted octanol–water partition coefficient (Wildman–Crippen LogP) is 6.01. The average Bonchev–Trinajstić information content (AvgIpc) is 3.65. The Hall–Kier alpha value is -3.95. The molecule has 0 saturated carbocycles. The highest BCUT2D eigenvalue weighted by molar-refractivity contribution is 6.33. The zero-order valence-electron chi connectivity index (χ0n) is 33.7.